The third-order valence-electron chi connectivity index (χ3n) is 2.51. The van der Waals surface area contributed by atoms with Crippen molar-refractivity contribution in [3.8, 4) is 0 Å². The van der Waals surface area contributed by atoms with E-state index < -0.39 is 17.9 Å². The van der Waals surface area contributed by atoms with E-state index in [2.05, 4.69) is 15.6 Å². The predicted octanol–water partition coefficient (Wildman–Crippen LogP) is -0.608. The lowest BCUT2D eigenvalue weighted by Crippen LogP contribution is -2.20. The summed E-state index contributed by atoms with van der Waals surface area (Å²) in [6.07, 6.45) is 3.17. The molecular formula is C10H17N5O3. The highest BCUT2D eigenvalue weighted by molar-refractivity contribution is 5.91. The van der Waals surface area contributed by atoms with Crippen LogP contribution in [0, 0.1) is 0 Å². The van der Waals surface area contributed by atoms with Gasteiger partial charge in [-0.05, 0) is 25.8 Å². The summed E-state index contributed by atoms with van der Waals surface area (Å²) in [5.74, 6) is -1.40. The van der Waals surface area contributed by atoms with Gasteiger partial charge in [-0.3, -0.25) is 4.79 Å². The van der Waals surface area contributed by atoms with Gasteiger partial charge in [0.05, 0.1) is 6.20 Å². The summed E-state index contributed by atoms with van der Waals surface area (Å²) in [4.78, 5) is 22.4. The number of carboxylic acids is 1. The van der Waals surface area contributed by atoms with Crippen molar-refractivity contribution in [1.82, 2.24) is 20.3 Å². The number of nitrogens with two attached hydrogens (primary N) is 1. The Bertz CT molecular complexity index is 417. The second kappa shape index (κ2) is 6.70. The lowest BCUT2D eigenvalue weighted by Gasteiger charge is -2.11. The Morgan fingerprint density at radius 1 is 1.56 bits per heavy atom. The van der Waals surface area contributed by atoms with Crippen molar-refractivity contribution in [3.05, 3.63) is 11.9 Å². The average Bonchev–Trinajstić information content (AvgIpc) is 2.82. The third kappa shape index (κ3) is 3.52. The molecule has 0 aromatic carbocycles. The Balaban J connectivity index is 2.76. The van der Waals surface area contributed by atoms with Crippen LogP contribution in [0.25, 0.3) is 0 Å². The molecule has 0 aliphatic carbocycles. The molecule has 0 saturated carbocycles. The van der Waals surface area contributed by atoms with E-state index in [1.165, 1.54) is 17.9 Å². The van der Waals surface area contributed by atoms with E-state index in [9.17, 15) is 9.59 Å². The number of carbonyl (C=O) groups is 2. The minimum atomic E-state index is -1.000. The van der Waals surface area contributed by atoms with Crippen LogP contribution in [-0.4, -0.2) is 45.6 Å². The number of nitrogens with one attached hydrogen (secondary N) is 1. The molecule has 8 heteroatoms. The first-order valence-corrected chi connectivity index (χ1v) is 5.67. The molecule has 1 heterocycles. The summed E-state index contributed by atoms with van der Waals surface area (Å²) in [6.45, 7) is 0.521. The molecule has 0 bridgehead atoms. The van der Waals surface area contributed by atoms with Gasteiger partial charge in [0.1, 0.15) is 0 Å². The number of nitrogens with zero attached hydrogens (tertiary/aromatic N) is 3. The molecule has 1 aromatic heterocycles. The van der Waals surface area contributed by atoms with Crippen LogP contribution in [0.4, 0.5) is 0 Å². The lowest BCUT2D eigenvalue weighted by atomic mass is 10.1. The summed E-state index contributed by atoms with van der Waals surface area (Å²) < 4.78 is 1.20. The molecule has 0 aliphatic rings. The Labute approximate surface area is 104 Å². The number of carboxylic acid groups (broad SMARTS) is 1. The van der Waals surface area contributed by atoms with Crippen molar-refractivity contribution in [3.63, 3.8) is 0 Å². The highest BCUT2D eigenvalue weighted by atomic mass is 16.4. The van der Waals surface area contributed by atoms with Crippen LogP contribution in [0.1, 0.15) is 35.8 Å². The fraction of sp³-hybridized carbons (Fsp3) is 0.600. The van der Waals surface area contributed by atoms with Crippen LogP contribution < -0.4 is 11.1 Å². The van der Waals surface area contributed by atoms with Crippen LogP contribution in [-0.2, 0) is 4.79 Å². The number of carbonyl (C=O) groups excluding carboxylic acids is 1. The molecule has 0 aliphatic heterocycles. The highest BCUT2D eigenvalue weighted by Gasteiger charge is 2.21. The van der Waals surface area contributed by atoms with Crippen LogP contribution in [0.3, 0.4) is 0 Å². The van der Waals surface area contributed by atoms with Crippen molar-refractivity contribution >= 4 is 11.9 Å². The highest BCUT2D eigenvalue weighted by Crippen LogP contribution is 2.14. The Hall–Kier alpha value is -1.96. The number of unbranched alkanes of at least 4 members (excludes halogenated alkanes) is 1. The topological polar surface area (TPSA) is 123 Å². The number of hydrogen-bond donors (Lipinski definition) is 3. The van der Waals surface area contributed by atoms with Gasteiger partial charge in [-0.1, -0.05) is 5.21 Å². The van der Waals surface area contributed by atoms with Gasteiger partial charge in [0.2, 0.25) is 0 Å². The van der Waals surface area contributed by atoms with Gasteiger partial charge in [0.25, 0.3) is 5.91 Å². The molecular weight excluding hydrogens is 238 g/mol. The molecule has 1 aromatic rings. The van der Waals surface area contributed by atoms with E-state index in [-0.39, 0.29) is 5.69 Å². The summed E-state index contributed by atoms with van der Waals surface area (Å²) in [6, 6.07) is -0.817. The zero-order valence-electron chi connectivity index (χ0n) is 10.2. The van der Waals surface area contributed by atoms with Gasteiger partial charge >= 0.3 is 5.97 Å². The molecule has 0 fully saturated rings. The first kappa shape index (κ1) is 14.1. The first-order chi connectivity index (χ1) is 8.60. The Morgan fingerprint density at radius 2 is 2.28 bits per heavy atom. The van der Waals surface area contributed by atoms with Crippen molar-refractivity contribution in [1.29, 1.82) is 0 Å². The number of hydrogen-bond acceptors (Lipinski definition) is 5. The number of aliphatic carboxylic acids is 1. The number of aromatic nitrogens is 3. The summed E-state index contributed by atoms with van der Waals surface area (Å²) in [5, 5.41) is 18.8. The van der Waals surface area contributed by atoms with Gasteiger partial charge in [0, 0.05) is 7.05 Å². The summed E-state index contributed by atoms with van der Waals surface area (Å²) >= 11 is 0. The molecule has 100 valence electrons. The maximum absolute atomic E-state index is 11.3. The molecule has 0 spiro atoms. The molecule has 8 nitrogen and oxygen atoms in total. The molecule has 1 amide bonds. The largest absolute Gasteiger partial charge is 0.480 e. The molecule has 0 saturated heterocycles. The van der Waals surface area contributed by atoms with E-state index >= 15 is 0 Å². The second-order valence-corrected chi connectivity index (χ2v) is 3.80. The zero-order chi connectivity index (χ0) is 13.5. The Morgan fingerprint density at radius 3 is 2.83 bits per heavy atom. The van der Waals surface area contributed by atoms with E-state index in [0.29, 0.717) is 19.4 Å². The minimum Gasteiger partial charge on any atom is -0.480 e. The van der Waals surface area contributed by atoms with Crippen molar-refractivity contribution in [2.75, 3.05) is 13.6 Å². The Kier molecular flexibility index (Phi) is 5.25. The van der Waals surface area contributed by atoms with Crippen molar-refractivity contribution in [2.24, 2.45) is 5.73 Å². The molecule has 1 atom stereocenters. The third-order valence-corrected chi connectivity index (χ3v) is 2.51. The fourth-order valence-corrected chi connectivity index (χ4v) is 1.51. The molecule has 4 N–H and O–H groups in total. The van der Waals surface area contributed by atoms with Crippen molar-refractivity contribution < 1.29 is 14.7 Å². The van der Waals surface area contributed by atoms with Crippen LogP contribution in [0.5, 0.6) is 0 Å². The minimum absolute atomic E-state index is 0.0996. The van der Waals surface area contributed by atoms with Crippen molar-refractivity contribution in [2.45, 2.75) is 25.3 Å². The first-order valence-electron chi connectivity index (χ1n) is 5.67. The fourth-order valence-electron chi connectivity index (χ4n) is 1.51. The number of rotatable bonds is 7. The van der Waals surface area contributed by atoms with Crippen LogP contribution in [0.2, 0.25) is 0 Å². The smallest absolute Gasteiger partial charge is 0.328 e. The molecule has 0 radical (unpaired) electrons. The quantitative estimate of drug-likeness (QED) is 0.558. The molecule has 0 unspecified atom stereocenters. The van der Waals surface area contributed by atoms with E-state index in [1.807, 2.05) is 0 Å². The standard InChI is InChI=1S/C10H17N5O3/c1-12-9(16)7-6-15(14-13-7)8(10(17)18)4-2-3-5-11/h6,8H,2-5,11H2,1H3,(H,12,16)(H,17,18)/t8-/m0/s1. The normalized spacial score (nSPS) is 12.1. The predicted molar refractivity (Wildman–Crippen MR) is 63.0 cm³/mol. The van der Waals surface area contributed by atoms with E-state index in [1.54, 1.807) is 0 Å². The molecule has 1 rings (SSSR count). The maximum Gasteiger partial charge on any atom is 0.328 e. The van der Waals surface area contributed by atoms with Gasteiger partial charge in [-0.2, -0.15) is 0 Å². The van der Waals surface area contributed by atoms with Crippen LogP contribution >= 0.6 is 0 Å². The number of amides is 1. The van der Waals surface area contributed by atoms with Gasteiger partial charge in [-0.15, -0.1) is 5.10 Å². The van der Waals surface area contributed by atoms with E-state index in [0.717, 1.165) is 6.42 Å². The summed E-state index contributed by atoms with van der Waals surface area (Å²) in [5.41, 5.74) is 5.46. The second-order valence-electron chi connectivity index (χ2n) is 3.80. The van der Waals surface area contributed by atoms with Gasteiger partial charge in [-0.25, -0.2) is 9.48 Å². The monoisotopic (exact) mass is 255 g/mol. The maximum atomic E-state index is 11.3. The molecule has 18 heavy (non-hydrogen) atoms. The lowest BCUT2D eigenvalue weighted by molar-refractivity contribution is -0.141. The van der Waals surface area contributed by atoms with Crippen LogP contribution in [0.15, 0.2) is 6.20 Å². The zero-order valence-corrected chi connectivity index (χ0v) is 10.2. The van der Waals surface area contributed by atoms with Gasteiger partial charge < -0.3 is 16.2 Å². The SMILES string of the molecule is CNC(=O)c1cn([C@@H](CCCCN)C(=O)O)nn1. The summed E-state index contributed by atoms with van der Waals surface area (Å²) in [7, 11) is 1.47. The van der Waals surface area contributed by atoms with E-state index in [4.69, 9.17) is 10.8 Å². The van der Waals surface area contributed by atoms with Gasteiger partial charge in [0.15, 0.2) is 11.7 Å². The average molecular weight is 255 g/mol.